The largest absolute Gasteiger partial charge is 0.332 e. The van der Waals surface area contributed by atoms with Crippen molar-refractivity contribution in [1.29, 1.82) is 0 Å². The predicted molar refractivity (Wildman–Crippen MR) is 107 cm³/mol. The average molecular weight is 419 g/mol. The van der Waals surface area contributed by atoms with Gasteiger partial charge in [0.1, 0.15) is 12.6 Å². The van der Waals surface area contributed by atoms with Gasteiger partial charge in [-0.2, -0.15) is 8.78 Å². The summed E-state index contributed by atoms with van der Waals surface area (Å²) in [6, 6.07) is 11.8. The highest BCUT2D eigenvalue weighted by Crippen LogP contribution is 2.27. The lowest BCUT2D eigenvalue weighted by molar-refractivity contribution is -0.130. The van der Waals surface area contributed by atoms with Gasteiger partial charge in [-0.25, -0.2) is 4.79 Å². The molecule has 0 spiro atoms. The maximum atomic E-state index is 12.7. The molecule has 0 aromatic heterocycles. The number of hydrogen-bond donors (Lipinski definition) is 1. The van der Waals surface area contributed by atoms with E-state index in [0.29, 0.717) is 28.0 Å². The van der Waals surface area contributed by atoms with Crippen LogP contribution < -0.4 is 10.2 Å². The number of nitrogens with zero attached hydrogens (tertiary/aromatic N) is 2. The Balaban J connectivity index is 1.66. The monoisotopic (exact) mass is 419 g/mol. The summed E-state index contributed by atoms with van der Waals surface area (Å²) in [4.78, 5) is 40.2. The van der Waals surface area contributed by atoms with E-state index in [0.717, 1.165) is 10.5 Å². The molecule has 1 N–H and O–H groups in total. The molecule has 29 heavy (non-hydrogen) atoms. The van der Waals surface area contributed by atoms with E-state index in [1.165, 1.54) is 29.2 Å². The van der Waals surface area contributed by atoms with Crippen LogP contribution in [-0.4, -0.2) is 41.1 Å². The number of halogens is 2. The molecule has 0 saturated carbocycles. The van der Waals surface area contributed by atoms with Crippen molar-refractivity contribution >= 4 is 41.0 Å². The van der Waals surface area contributed by atoms with E-state index >= 15 is 0 Å². The molecule has 0 radical (unpaired) electrons. The minimum Gasteiger partial charge on any atom is -0.325 e. The first-order valence-electron chi connectivity index (χ1n) is 8.82. The SMILES string of the molecule is Cc1ccc(N2C(=O)N(CC(=O)Nc3ccc(SC(F)F)cc3)C(=O)[C@H]2C)cc1. The molecule has 2 aromatic rings. The Morgan fingerprint density at radius 2 is 1.72 bits per heavy atom. The summed E-state index contributed by atoms with van der Waals surface area (Å²) < 4.78 is 24.7. The molecule has 152 valence electrons. The molecule has 1 heterocycles. The summed E-state index contributed by atoms with van der Waals surface area (Å²) in [5.41, 5.74) is 1.99. The Bertz CT molecular complexity index is 920. The van der Waals surface area contributed by atoms with Crippen molar-refractivity contribution in [3.63, 3.8) is 0 Å². The number of urea groups is 1. The Labute approximate surface area is 170 Å². The highest BCUT2D eigenvalue weighted by molar-refractivity contribution is 7.99. The quantitative estimate of drug-likeness (QED) is 0.565. The lowest BCUT2D eigenvalue weighted by Gasteiger charge is -2.19. The molecule has 6 nitrogen and oxygen atoms in total. The number of imide groups is 1. The number of benzene rings is 2. The van der Waals surface area contributed by atoms with Gasteiger partial charge < -0.3 is 5.32 Å². The number of anilines is 2. The molecule has 1 aliphatic heterocycles. The van der Waals surface area contributed by atoms with Gasteiger partial charge in [0.15, 0.2) is 0 Å². The van der Waals surface area contributed by atoms with E-state index in [4.69, 9.17) is 0 Å². The topological polar surface area (TPSA) is 69.7 Å². The second-order valence-electron chi connectivity index (χ2n) is 6.54. The first kappa shape index (κ1) is 20.8. The zero-order valence-electron chi connectivity index (χ0n) is 15.8. The maximum absolute atomic E-state index is 12.7. The van der Waals surface area contributed by atoms with Crippen LogP contribution in [0.3, 0.4) is 0 Å². The summed E-state index contributed by atoms with van der Waals surface area (Å²) in [5, 5.41) is 2.57. The molecule has 0 bridgehead atoms. The predicted octanol–water partition coefficient (Wildman–Crippen LogP) is 4.11. The molecule has 0 unspecified atom stereocenters. The summed E-state index contributed by atoms with van der Waals surface area (Å²) in [7, 11) is 0. The third-order valence-electron chi connectivity index (χ3n) is 4.42. The Hall–Kier alpha value is -2.94. The molecule has 1 saturated heterocycles. The number of aryl methyl sites for hydroxylation is 1. The van der Waals surface area contributed by atoms with Gasteiger partial charge >= 0.3 is 6.03 Å². The summed E-state index contributed by atoms with van der Waals surface area (Å²) in [5.74, 6) is -3.55. The second kappa shape index (κ2) is 8.60. The minimum atomic E-state index is -2.53. The summed E-state index contributed by atoms with van der Waals surface area (Å²) in [6.07, 6.45) is 0. The Morgan fingerprint density at radius 1 is 1.10 bits per heavy atom. The molecule has 3 rings (SSSR count). The van der Waals surface area contributed by atoms with Crippen molar-refractivity contribution in [1.82, 2.24) is 4.90 Å². The zero-order chi connectivity index (χ0) is 21.1. The molecule has 2 aromatic carbocycles. The fourth-order valence-electron chi connectivity index (χ4n) is 2.97. The summed E-state index contributed by atoms with van der Waals surface area (Å²) >= 11 is 0.403. The molecule has 1 atom stereocenters. The first-order chi connectivity index (χ1) is 13.8. The Kier molecular flexibility index (Phi) is 6.17. The summed E-state index contributed by atoms with van der Waals surface area (Å²) in [6.45, 7) is 3.09. The first-order valence-corrected chi connectivity index (χ1v) is 9.70. The molecule has 9 heteroatoms. The van der Waals surface area contributed by atoms with Crippen LogP contribution in [0, 0.1) is 6.92 Å². The van der Waals surface area contributed by atoms with Gasteiger partial charge in [0, 0.05) is 16.3 Å². The minimum absolute atomic E-state index is 0.366. The number of nitrogens with one attached hydrogen (secondary N) is 1. The number of amides is 4. The lowest BCUT2D eigenvalue weighted by Crippen LogP contribution is -2.39. The van der Waals surface area contributed by atoms with E-state index in [2.05, 4.69) is 5.32 Å². The highest BCUT2D eigenvalue weighted by atomic mass is 32.2. The lowest BCUT2D eigenvalue weighted by atomic mass is 10.2. The third-order valence-corrected chi connectivity index (χ3v) is 5.15. The van der Waals surface area contributed by atoms with E-state index in [1.54, 1.807) is 19.1 Å². The number of carbonyl (C=O) groups excluding carboxylic acids is 3. The number of carbonyl (C=O) groups is 3. The van der Waals surface area contributed by atoms with E-state index in [9.17, 15) is 23.2 Å². The highest BCUT2D eigenvalue weighted by Gasteiger charge is 2.44. The molecule has 0 aliphatic carbocycles. The third kappa shape index (κ3) is 4.73. The normalized spacial score (nSPS) is 16.7. The number of thioether (sulfide) groups is 1. The van der Waals surface area contributed by atoms with Crippen LogP contribution in [0.25, 0.3) is 0 Å². The molecule has 4 amide bonds. The van der Waals surface area contributed by atoms with Crippen LogP contribution in [0.5, 0.6) is 0 Å². The van der Waals surface area contributed by atoms with E-state index in [-0.39, 0.29) is 0 Å². The standard InChI is InChI=1S/C20H19F2N3O3S/c1-12-3-7-15(8-4-12)25-13(2)18(27)24(20(25)28)11-17(26)23-14-5-9-16(10-6-14)29-19(21)22/h3-10,13,19H,11H2,1-2H3,(H,23,26)/t13-/m1/s1. The van der Waals surface area contributed by atoms with Crippen molar-refractivity contribution in [2.24, 2.45) is 0 Å². The van der Waals surface area contributed by atoms with Gasteiger partial charge in [-0.3, -0.25) is 19.4 Å². The number of rotatable bonds is 6. The van der Waals surface area contributed by atoms with E-state index < -0.39 is 36.2 Å². The van der Waals surface area contributed by atoms with Crippen LogP contribution in [0.2, 0.25) is 0 Å². The van der Waals surface area contributed by atoms with Gasteiger partial charge in [-0.15, -0.1) is 0 Å². The average Bonchev–Trinajstić information content (AvgIpc) is 2.87. The van der Waals surface area contributed by atoms with Gasteiger partial charge in [-0.1, -0.05) is 29.5 Å². The van der Waals surface area contributed by atoms with Crippen molar-refractivity contribution < 1.29 is 23.2 Å². The van der Waals surface area contributed by atoms with Crippen LogP contribution in [-0.2, 0) is 9.59 Å². The van der Waals surface area contributed by atoms with Gasteiger partial charge in [-0.05, 0) is 50.2 Å². The van der Waals surface area contributed by atoms with Crippen molar-refractivity contribution in [2.45, 2.75) is 30.5 Å². The molecule has 1 aliphatic rings. The van der Waals surface area contributed by atoms with Gasteiger partial charge in [0.2, 0.25) is 5.91 Å². The maximum Gasteiger partial charge on any atom is 0.332 e. The zero-order valence-corrected chi connectivity index (χ0v) is 16.6. The van der Waals surface area contributed by atoms with Crippen molar-refractivity contribution in [3.05, 3.63) is 54.1 Å². The molecule has 1 fully saturated rings. The van der Waals surface area contributed by atoms with Crippen LogP contribution in [0.4, 0.5) is 25.0 Å². The Morgan fingerprint density at radius 3 is 2.31 bits per heavy atom. The number of alkyl halides is 2. The van der Waals surface area contributed by atoms with Crippen LogP contribution in [0.15, 0.2) is 53.4 Å². The van der Waals surface area contributed by atoms with Gasteiger partial charge in [0.05, 0.1) is 0 Å². The van der Waals surface area contributed by atoms with Crippen molar-refractivity contribution in [2.75, 3.05) is 16.8 Å². The fourth-order valence-corrected chi connectivity index (χ4v) is 3.47. The number of hydrogen-bond acceptors (Lipinski definition) is 4. The molecular formula is C20H19F2N3O3S. The smallest absolute Gasteiger partial charge is 0.325 e. The van der Waals surface area contributed by atoms with Crippen molar-refractivity contribution in [3.8, 4) is 0 Å². The van der Waals surface area contributed by atoms with Crippen LogP contribution in [0.1, 0.15) is 12.5 Å². The molecular weight excluding hydrogens is 400 g/mol. The second-order valence-corrected chi connectivity index (χ2v) is 7.60. The van der Waals surface area contributed by atoms with Gasteiger partial charge in [0.25, 0.3) is 11.7 Å². The van der Waals surface area contributed by atoms with Crippen LogP contribution >= 0.6 is 11.8 Å². The fraction of sp³-hybridized carbons (Fsp3) is 0.250. The van der Waals surface area contributed by atoms with E-state index in [1.807, 2.05) is 19.1 Å².